The normalized spacial score (nSPS) is 26.5. The first-order chi connectivity index (χ1) is 10.2. The summed E-state index contributed by atoms with van der Waals surface area (Å²) < 4.78 is 11.0. The number of rotatable bonds is 8. The van der Waals surface area contributed by atoms with Gasteiger partial charge in [0.2, 0.25) is 13.1 Å². The summed E-state index contributed by atoms with van der Waals surface area (Å²) in [5.74, 6) is -0.249. The van der Waals surface area contributed by atoms with Crippen molar-refractivity contribution >= 4 is 5.97 Å². The van der Waals surface area contributed by atoms with Crippen molar-refractivity contribution in [1.82, 2.24) is 4.90 Å². The lowest BCUT2D eigenvalue weighted by atomic mass is 9.89. The molecular weight excluding hydrogens is 270 g/mol. The van der Waals surface area contributed by atoms with Crippen LogP contribution in [0.3, 0.4) is 0 Å². The number of carbonyl (C=O) groups excluding carboxylic acids is 1. The minimum Gasteiger partial charge on any atom is -0.464 e. The SMILES string of the molecule is [C-]#[N+]CCN(CC[N+]#[C-])CCOC(=O)C1CC2CCC1O2. The summed E-state index contributed by atoms with van der Waals surface area (Å²) >= 11 is 0. The molecule has 0 aromatic heterocycles. The number of carbonyl (C=O) groups is 1. The molecule has 6 nitrogen and oxygen atoms in total. The zero-order valence-electron chi connectivity index (χ0n) is 12.2. The molecule has 3 atom stereocenters. The lowest BCUT2D eigenvalue weighted by Gasteiger charge is -2.20. The highest BCUT2D eigenvalue weighted by Gasteiger charge is 2.45. The smallest absolute Gasteiger partial charge is 0.311 e. The molecule has 0 radical (unpaired) electrons. The number of esters is 1. The summed E-state index contributed by atoms with van der Waals surface area (Å²) in [6.07, 6.45) is 3.13. The Labute approximate surface area is 125 Å². The van der Waals surface area contributed by atoms with Crippen LogP contribution in [0.1, 0.15) is 19.3 Å². The molecule has 2 fully saturated rings. The van der Waals surface area contributed by atoms with Gasteiger partial charge in [-0.1, -0.05) is 0 Å². The molecule has 0 aromatic rings. The third kappa shape index (κ3) is 4.42. The van der Waals surface area contributed by atoms with E-state index in [1.54, 1.807) is 0 Å². The highest BCUT2D eigenvalue weighted by Crippen LogP contribution is 2.39. The molecule has 0 N–H and O–H groups in total. The first-order valence-electron chi connectivity index (χ1n) is 7.45. The van der Waals surface area contributed by atoms with Gasteiger partial charge in [0.15, 0.2) is 0 Å². The van der Waals surface area contributed by atoms with Crippen molar-refractivity contribution in [2.24, 2.45) is 5.92 Å². The van der Waals surface area contributed by atoms with Gasteiger partial charge >= 0.3 is 5.97 Å². The van der Waals surface area contributed by atoms with Crippen LogP contribution in [0.15, 0.2) is 0 Å². The van der Waals surface area contributed by atoms with Crippen LogP contribution in [0.2, 0.25) is 0 Å². The van der Waals surface area contributed by atoms with Crippen LogP contribution < -0.4 is 0 Å². The third-order valence-electron chi connectivity index (χ3n) is 4.12. The van der Waals surface area contributed by atoms with Crippen molar-refractivity contribution in [3.8, 4) is 0 Å². The molecule has 3 unspecified atom stereocenters. The Bertz CT molecular complexity index is 422. The predicted molar refractivity (Wildman–Crippen MR) is 76.3 cm³/mol. The van der Waals surface area contributed by atoms with Gasteiger partial charge in [-0.3, -0.25) is 9.69 Å². The number of fused-ring (bicyclic) bond motifs is 2. The zero-order chi connectivity index (χ0) is 15.1. The van der Waals surface area contributed by atoms with E-state index in [1.165, 1.54) is 0 Å². The fourth-order valence-electron chi connectivity index (χ4n) is 2.99. The maximum absolute atomic E-state index is 12.0. The van der Waals surface area contributed by atoms with E-state index in [9.17, 15) is 4.79 Å². The van der Waals surface area contributed by atoms with E-state index in [-0.39, 0.29) is 24.1 Å². The molecule has 2 bridgehead atoms. The average molecular weight is 291 g/mol. The Kier molecular flexibility index (Phi) is 5.98. The van der Waals surface area contributed by atoms with E-state index in [1.807, 2.05) is 4.90 Å². The molecule has 2 aliphatic rings. The topological polar surface area (TPSA) is 47.5 Å². The second kappa shape index (κ2) is 7.97. The van der Waals surface area contributed by atoms with Crippen LogP contribution in [0, 0.1) is 19.1 Å². The first kappa shape index (κ1) is 15.8. The van der Waals surface area contributed by atoms with Crippen molar-refractivity contribution in [3.63, 3.8) is 0 Å². The number of nitrogens with zero attached hydrogens (tertiary/aromatic N) is 3. The van der Waals surface area contributed by atoms with Crippen LogP contribution in [-0.4, -0.2) is 62.4 Å². The standard InChI is InChI=1S/C15H21N3O3/c1-16-5-7-18(8-6-17-2)9-10-20-15(19)13-11-12-3-4-14(13)21-12/h12-14H,3-11H2. The van der Waals surface area contributed by atoms with Crippen molar-refractivity contribution in [1.29, 1.82) is 0 Å². The van der Waals surface area contributed by atoms with E-state index >= 15 is 0 Å². The number of hydrogen-bond acceptors (Lipinski definition) is 4. The summed E-state index contributed by atoms with van der Waals surface area (Å²) in [5.41, 5.74) is 0. The van der Waals surface area contributed by atoms with Gasteiger partial charge in [-0.2, -0.15) is 0 Å². The van der Waals surface area contributed by atoms with Gasteiger partial charge in [-0.15, -0.1) is 0 Å². The predicted octanol–water partition coefficient (Wildman–Crippen LogP) is 1.24. The van der Waals surface area contributed by atoms with Crippen LogP contribution in [0.4, 0.5) is 0 Å². The van der Waals surface area contributed by atoms with E-state index in [0.29, 0.717) is 39.3 Å². The Morgan fingerprint density at radius 1 is 1.19 bits per heavy atom. The first-order valence-corrected chi connectivity index (χ1v) is 7.45. The van der Waals surface area contributed by atoms with Gasteiger partial charge in [0.1, 0.15) is 6.61 Å². The van der Waals surface area contributed by atoms with E-state index in [4.69, 9.17) is 22.6 Å². The highest BCUT2D eigenvalue weighted by atomic mass is 16.5. The summed E-state index contributed by atoms with van der Waals surface area (Å²) in [6.45, 7) is 16.6. The zero-order valence-corrected chi connectivity index (χ0v) is 12.2. The summed E-state index contributed by atoms with van der Waals surface area (Å²) in [7, 11) is 0. The molecule has 0 aliphatic carbocycles. The van der Waals surface area contributed by atoms with E-state index < -0.39 is 0 Å². The average Bonchev–Trinajstić information content (AvgIpc) is 3.12. The monoisotopic (exact) mass is 291 g/mol. The maximum Gasteiger partial charge on any atom is 0.311 e. The minimum atomic E-state index is -0.155. The van der Waals surface area contributed by atoms with Crippen LogP contribution in [-0.2, 0) is 14.3 Å². The molecule has 114 valence electrons. The molecule has 6 heteroatoms. The van der Waals surface area contributed by atoms with Crippen LogP contribution in [0.25, 0.3) is 9.69 Å². The second-order valence-corrected chi connectivity index (χ2v) is 5.49. The number of hydrogen-bond donors (Lipinski definition) is 0. The molecule has 2 rings (SSSR count). The third-order valence-corrected chi connectivity index (χ3v) is 4.12. The fourth-order valence-corrected chi connectivity index (χ4v) is 2.99. The molecule has 2 heterocycles. The molecule has 2 aliphatic heterocycles. The molecule has 21 heavy (non-hydrogen) atoms. The number of ether oxygens (including phenoxy) is 2. The molecule has 0 saturated carbocycles. The summed E-state index contributed by atoms with van der Waals surface area (Å²) in [6, 6.07) is 0. The van der Waals surface area contributed by atoms with Crippen molar-refractivity contribution in [2.75, 3.05) is 39.3 Å². The van der Waals surface area contributed by atoms with E-state index in [0.717, 1.165) is 19.3 Å². The van der Waals surface area contributed by atoms with E-state index in [2.05, 4.69) is 9.69 Å². The quantitative estimate of drug-likeness (QED) is 0.498. The van der Waals surface area contributed by atoms with Gasteiger partial charge < -0.3 is 19.2 Å². The molecule has 0 spiro atoms. The fraction of sp³-hybridized carbons (Fsp3) is 0.800. The Balaban J connectivity index is 1.67. The second-order valence-electron chi connectivity index (χ2n) is 5.49. The van der Waals surface area contributed by atoms with Gasteiger partial charge in [0.25, 0.3) is 0 Å². The Hall–Kier alpha value is -1.63. The summed E-state index contributed by atoms with van der Waals surface area (Å²) in [4.78, 5) is 20.7. The highest BCUT2D eigenvalue weighted by molar-refractivity contribution is 5.73. The minimum absolute atomic E-state index is 0.0582. The lowest BCUT2D eigenvalue weighted by molar-refractivity contribution is -0.150. The Morgan fingerprint density at radius 3 is 2.43 bits per heavy atom. The molecular formula is C15H21N3O3. The molecule has 2 saturated heterocycles. The largest absolute Gasteiger partial charge is 0.464 e. The van der Waals surface area contributed by atoms with Gasteiger partial charge in [-0.25, -0.2) is 13.1 Å². The van der Waals surface area contributed by atoms with Gasteiger partial charge in [0.05, 0.1) is 31.2 Å². The van der Waals surface area contributed by atoms with Crippen molar-refractivity contribution in [2.45, 2.75) is 31.5 Å². The maximum atomic E-state index is 12.0. The lowest BCUT2D eigenvalue weighted by Crippen LogP contribution is -2.34. The van der Waals surface area contributed by atoms with Gasteiger partial charge in [0, 0.05) is 6.54 Å². The molecule has 0 amide bonds. The summed E-state index contributed by atoms with van der Waals surface area (Å²) in [5, 5.41) is 0. The van der Waals surface area contributed by atoms with Gasteiger partial charge in [-0.05, 0) is 19.3 Å². The van der Waals surface area contributed by atoms with Crippen molar-refractivity contribution < 1.29 is 14.3 Å². The molecule has 0 aromatic carbocycles. The van der Waals surface area contributed by atoms with Crippen molar-refractivity contribution in [3.05, 3.63) is 22.8 Å². The van der Waals surface area contributed by atoms with Crippen LogP contribution >= 0.6 is 0 Å². The Morgan fingerprint density at radius 2 is 1.90 bits per heavy atom. The van der Waals surface area contributed by atoms with Crippen LogP contribution in [0.5, 0.6) is 0 Å².